The van der Waals surface area contributed by atoms with E-state index in [0.717, 1.165) is 14.9 Å². The van der Waals surface area contributed by atoms with Gasteiger partial charge in [-0.1, -0.05) is 42.4 Å². The minimum atomic E-state index is -0.172. The van der Waals surface area contributed by atoms with E-state index in [9.17, 15) is 0 Å². The lowest BCUT2D eigenvalue weighted by Crippen LogP contribution is -2.17. The first-order valence-electron chi connectivity index (χ1n) is 6.53. The standard InChI is InChI=1S/C15H14BrN3OS/c1-9(13(17)10-5-3-2-4-6-10)15-18-14(19-20-15)12-7-11(16)8-21-12/h2-9,13H,17H2,1H3. The van der Waals surface area contributed by atoms with Gasteiger partial charge in [0, 0.05) is 15.9 Å². The predicted molar refractivity (Wildman–Crippen MR) is 87.1 cm³/mol. The van der Waals surface area contributed by atoms with Crippen molar-refractivity contribution in [3.8, 4) is 10.7 Å². The highest BCUT2D eigenvalue weighted by atomic mass is 79.9. The third-order valence-corrected chi connectivity index (χ3v) is 5.03. The van der Waals surface area contributed by atoms with Crippen molar-refractivity contribution in [3.05, 3.63) is 57.7 Å². The van der Waals surface area contributed by atoms with E-state index in [1.165, 1.54) is 0 Å². The van der Waals surface area contributed by atoms with Crippen LogP contribution in [-0.2, 0) is 0 Å². The molecule has 2 unspecified atom stereocenters. The Hall–Kier alpha value is -1.50. The molecular weight excluding hydrogens is 350 g/mol. The van der Waals surface area contributed by atoms with Crippen LogP contribution in [0.4, 0.5) is 0 Å². The Bertz CT molecular complexity index is 725. The van der Waals surface area contributed by atoms with Gasteiger partial charge in [0.25, 0.3) is 0 Å². The maximum atomic E-state index is 6.29. The van der Waals surface area contributed by atoms with Gasteiger partial charge in [0.05, 0.1) is 10.8 Å². The zero-order valence-corrected chi connectivity index (χ0v) is 13.8. The second-order valence-corrected chi connectivity index (χ2v) is 6.64. The quantitative estimate of drug-likeness (QED) is 0.747. The molecule has 0 spiro atoms. The Kier molecular flexibility index (Phi) is 4.19. The molecule has 6 heteroatoms. The van der Waals surface area contributed by atoms with Crippen molar-refractivity contribution in [1.29, 1.82) is 0 Å². The molecular formula is C15H14BrN3OS. The summed E-state index contributed by atoms with van der Waals surface area (Å²) in [5.41, 5.74) is 7.35. The lowest BCUT2D eigenvalue weighted by molar-refractivity contribution is 0.344. The highest BCUT2D eigenvalue weighted by Gasteiger charge is 2.23. The van der Waals surface area contributed by atoms with E-state index in [-0.39, 0.29) is 12.0 Å². The molecule has 2 aromatic heterocycles. The van der Waals surface area contributed by atoms with Crippen molar-refractivity contribution >= 4 is 27.3 Å². The first kappa shape index (κ1) is 14.4. The largest absolute Gasteiger partial charge is 0.339 e. The maximum absolute atomic E-state index is 6.29. The highest BCUT2D eigenvalue weighted by Crippen LogP contribution is 2.31. The van der Waals surface area contributed by atoms with E-state index in [4.69, 9.17) is 10.3 Å². The predicted octanol–water partition coefficient (Wildman–Crippen LogP) is 4.36. The summed E-state index contributed by atoms with van der Waals surface area (Å²) in [6.45, 7) is 2.00. The molecule has 108 valence electrons. The lowest BCUT2D eigenvalue weighted by atomic mass is 9.95. The number of rotatable bonds is 4. The highest BCUT2D eigenvalue weighted by molar-refractivity contribution is 9.10. The molecule has 0 aliphatic rings. The van der Waals surface area contributed by atoms with E-state index in [0.29, 0.717) is 11.7 Å². The van der Waals surface area contributed by atoms with Crippen LogP contribution in [0.3, 0.4) is 0 Å². The van der Waals surface area contributed by atoms with E-state index in [1.54, 1.807) is 11.3 Å². The molecule has 2 heterocycles. The number of nitrogens with zero attached hydrogens (tertiary/aromatic N) is 2. The third-order valence-electron chi connectivity index (χ3n) is 3.34. The van der Waals surface area contributed by atoms with Crippen molar-refractivity contribution < 1.29 is 4.52 Å². The molecule has 0 saturated heterocycles. The summed E-state index contributed by atoms with van der Waals surface area (Å²) < 4.78 is 6.40. The van der Waals surface area contributed by atoms with Crippen LogP contribution >= 0.6 is 27.3 Å². The molecule has 0 amide bonds. The van der Waals surface area contributed by atoms with Gasteiger partial charge >= 0.3 is 0 Å². The molecule has 0 fully saturated rings. The van der Waals surface area contributed by atoms with E-state index >= 15 is 0 Å². The molecule has 2 atom stereocenters. The number of hydrogen-bond donors (Lipinski definition) is 1. The molecule has 3 aromatic rings. The second kappa shape index (κ2) is 6.09. The van der Waals surface area contributed by atoms with Crippen LogP contribution in [-0.4, -0.2) is 10.1 Å². The Morgan fingerprint density at radius 3 is 2.71 bits per heavy atom. The minimum Gasteiger partial charge on any atom is -0.339 e. The average molecular weight is 364 g/mol. The summed E-state index contributed by atoms with van der Waals surface area (Å²) in [7, 11) is 0. The van der Waals surface area contributed by atoms with Gasteiger partial charge in [0.15, 0.2) is 0 Å². The van der Waals surface area contributed by atoms with E-state index < -0.39 is 0 Å². The average Bonchev–Trinajstić information content (AvgIpc) is 3.15. The molecule has 0 aliphatic carbocycles. The number of hydrogen-bond acceptors (Lipinski definition) is 5. The van der Waals surface area contributed by atoms with Crippen molar-refractivity contribution in [2.45, 2.75) is 18.9 Å². The molecule has 2 N–H and O–H groups in total. The first-order valence-corrected chi connectivity index (χ1v) is 8.21. The van der Waals surface area contributed by atoms with Gasteiger partial charge in [-0.3, -0.25) is 0 Å². The third kappa shape index (κ3) is 3.07. The van der Waals surface area contributed by atoms with Crippen LogP contribution in [0.15, 0.2) is 50.8 Å². The summed E-state index contributed by atoms with van der Waals surface area (Å²) in [6.07, 6.45) is 0. The monoisotopic (exact) mass is 363 g/mol. The van der Waals surface area contributed by atoms with Crippen LogP contribution in [0.5, 0.6) is 0 Å². The summed E-state index contributed by atoms with van der Waals surface area (Å²) in [4.78, 5) is 5.44. The van der Waals surface area contributed by atoms with Crippen molar-refractivity contribution in [3.63, 3.8) is 0 Å². The van der Waals surface area contributed by atoms with Crippen molar-refractivity contribution in [1.82, 2.24) is 10.1 Å². The second-order valence-electron chi connectivity index (χ2n) is 4.81. The van der Waals surface area contributed by atoms with Gasteiger partial charge in [-0.15, -0.1) is 11.3 Å². The van der Waals surface area contributed by atoms with E-state index in [2.05, 4.69) is 26.1 Å². The maximum Gasteiger partial charge on any atom is 0.231 e. The van der Waals surface area contributed by atoms with Crippen LogP contribution in [0.1, 0.15) is 30.3 Å². The SMILES string of the molecule is CC(c1nc(-c2cc(Br)cs2)no1)C(N)c1ccccc1. The van der Waals surface area contributed by atoms with Gasteiger partial charge in [-0.2, -0.15) is 4.98 Å². The molecule has 0 radical (unpaired) electrons. The summed E-state index contributed by atoms with van der Waals surface area (Å²) in [5, 5.41) is 6.04. The van der Waals surface area contributed by atoms with Crippen molar-refractivity contribution in [2.24, 2.45) is 5.73 Å². The Balaban J connectivity index is 1.82. The fourth-order valence-corrected chi connectivity index (χ4v) is 3.42. The number of halogens is 1. The fraction of sp³-hybridized carbons (Fsp3) is 0.200. The molecule has 0 aliphatic heterocycles. The van der Waals surface area contributed by atoms with Crippen LogP contribution in [0.25, 0.3) is 10.7 Å². The first-order chi connectivity index (χ1) is 10.1. The van der Waals surface area contributed by atoms with Gasteiger partial charge in [-0.25, -0.2) is 0 Å². The zero-order valence-electron chi connectivity index (χ0n) is 11.4. The summed E-state index contributed by atoms with van der Waals surface area (Å²) in [5.74, 6) is 1.12. The van der Waals surface area contributed by atoms with Crippen LogP contribution < -0.4 is 5.73 Å². The van der Waals surface area contributed by atoms with Gasteiger partial charge in [0.1, 0.15) is 0 Å². The zero-order chi connectivity index (χ0) is 14.8. The van der Waals surface area contributed by atoms with Crippen LogP contribution in [0, 0.1) is 0 Å². The van der Waals surface area contributed by atoms with Gasteiger partial charge in [0.2, 0.25) is 11.7 Å². The summed E-state index contributed by atoms with van der Waals surface area (Å²) in [6, 6.07) is 11.7. The Morgan fingerprint density at radius 2 is 2.05 bits per heavy atom. The van der Waals surface area contributed by atoms with Crippen LogP contribution in [0.2, 0.25) is 0 Å². The molecule has 0 saturated carbocycles. The normalized spacial score (nSPS) is 14.0. The Labute approximate surface area is 135 Å². The minimum absolute atomic E-state index is 0.0444. The molecule has 21 heavy (non-hydrogen) atoms. The number of aromatic nitrogens is 2. The Morgan fingerprint density at radius 1 is 1.29 bits per heavy atom. The van der Waals surface area contributed by atoms with Gasteiger partial charge < -0.3 is 10.3 Å². The van der Waals surface area contributed by atoms with Crippen molar-refractivity contribution in [2.75, 3.05) is 0 Å². The smallest absolute Gasteiger partial charge is 0.231 e. The number of thiophene rings is 1. The molecule has 4 nitrogen and oxygen atoms in total. The fourth-order valence-electron chi connectivity index (χ4n) is 2.07. The lowest BCUT2D eigenvalue weighted by Gasteiger charge is -2.16. The number of benzene rings is 1. The number of nitrogens with two attached hydrogens (primary N) is 1. The van der Waals surface area contributed by atoms with E-state index in [1.807, 2.05) is 48.7 Å². The topological polar surface area (TPSA) is 64.9 Å². The molecule has 3 rings (SSSR count). The summed E-state index contributed by atoms with van der Waals surface area (Å²) >= 11 is 4.99. The molecule has 1 aromatic carbocycles. The molecule has 0 bridgehead atoms. The van der Waals surface area contributed by atoms with Gasteiger partial charge in [-0.05, 0) is 27.6 Å².